The molecule has 1 saturated carbocycles. The molecule has 0 aromatic heterocycles. The summed E-state index contributed by atoms with van der Waals surface area (Å²) in [4.78, 5) is 0. The zero-order chi connectivity index (χ0) is 17.4. The summed E-state index contributed by atoms with van der Waals surface area (Å²) >= 11 is 0. The summed E-state index contributed by atoms with van der Waals surface area (Å²) < 4.78 is 0. The molecule has 0 amide bonds. The van der Waals surface area contributed by atoms with Gasteiger partial charge in [0.15, 0.2) is 0 Å². The highest BCUT2D eigenvalue weighted by Crippen LogP contribution is 2.61. The summed E-state index contributed by atoms with van der Waals surface area (Å²) in [7, 11) is -1.18. The van der Waals surface area contributed by atoms with Gasteiger partial charge in [0.25, 0.3) is 0 Å². The molecule has 1 aromatic carbocycles. The van der Waals surface area contributed by atoms with Gasteiger partial charge in [0, 0.05) is 0 Å². The van der Waals surface area contributed by atoms with Crippen molar-refractivity contribution in [3.05, 3.63) is 41.5 Å². The molecule has 5 atom stereocenters. The standard InChI is InChI=1S/C24H36Si/c1-4-18(2)17-25(14-8-5-9-15-25)24-19(3)16-23-21-11-7-6-10-20(21)12-13-22(23)24/h6-7,10-13,18-19,22-24H,4-5,8-9,14-17H2,1-3H3. The maximum absolute atomic E-state index is 2.65. The third-order valence-electron chi connectivity index (χ3n) is 8.02. The van der Waals surface area contributed by atoms with Crippen LogP contribution in [0.4, 0.5) is 0 Å². The fourth-order valence-corrected chi connectivity index (χ4v) is 14.6. The first-order valence-electron chi connectivity index (χ1n) is 10.9. The molecule has 1 saturated heterocycles. The first-order chi connectivity index (χ1) is 12.1. The SMILES string of the molecule is CCC(C)C[Si]1(C2C(C)CC3c4ccccc4C=CC32)CCCCC1. The van der Waals surface area contributed by atoms with E-state index < -0.39 is 8.07 Å². The van der Waals surface area contributed by atoms with Crippen molar-refractivity contribution in [3.63, 3.8) is 0 Å². The maximum Gasteiger partial charge on any atom is 0.0578 e. The fourth-order valence-electron chi connectivity index (χ4n) is 6.92. The van der Waals surface area contributed by atoms with E-state index >= 15 is 0 Å². The van der Waals surface area contributed by atoms with E-state index in [0.29, 0.717) is 0 Å². The highest BCUT2D eigenvalue weighted by molar-refractivity contribution is 6.81. The van der Waals surface area contributed by atoms with Gasteiger partial charge in [0.2, 0.25) is 0 Å². The van der Waals surface area contributed by atoms with E-state index in [4.69, 9.17) is 0 Å². The van der Waals surface area contributed by atoms with Crippen molar-refractivity contribution in [2.75, 3.05) is 0 Å². The molecule has 5 unspecified atom stereocenters. The van der Waals surface area contributed by atoms with Crippen LogP contribution < -0.4 is 0 Å². The first-order valence-corrected chi connectivity index (χ1v) is 13.6. The average molecular weight is 353 g/mol. The summed E-state index contributed by atoms with van der Waals surface area (Å²) in [6.45, 7) is 7.55. The molecule has 4 rings (SSSR count). The van der Waals surface area contributed by atoms with Gasteiger partial charge in [0.05, 0.1) is 8.07 Å². The van der Waals surface area contributed by atoms with Gasteiger partial charge in [0.1, 0.15) is 0 Å². The molecule has 0 N–H and O–H groups in total. The number of fused-ring (bicyclic) bond motifs is 3. The fraction of sp³-hybridized carbons (Fsp3) is 0.667. The monoisotopic (exact) mass is 352 g/mol. The van der Waals surface area contributed by atoms with E-state index in [0.717, 1.165) is 29.2 Å². The Hall–Kier alpha value is -0.823. The lowest BCUT2D eigenvalue weighted by atomic mass is 9.81. The molecule has 0 radical (unpaired) electrons. The Bertz CT molecular complexity index is 625. The van der Waals surface area contributed by atoms with Gasteiger partial charge >= 0.3 is 0 Å². The minimum absolute atomic E-state index is 0.810. The van der Waals surface area contributed by atoms with E-state index in [9.17, 15) is 0 Å². The number of allylic oxidation sites excluding steroid dienone is 1. The van der Waals surface area contributed by atoms with Crippen molar-refractivity contribution in [2.45, 2.75) is 82.5 Å². The summed E-state index contributed by atoms with van der Waals surface area (Å²) in [5.41, 5.74) is 4.20. The topological polar surface area (TPSA) is 0 Å². The van der Waals surface area contributed by atoms with E-state index in [2.05, 4.69) is 57.2 Å². The maximum atomic E-state index is 2.65. The highest BCUT2D eigenvalue weighted by Gasteiger charge is 2.53. The van der Waals surface area contributed by atoms with E-state index in [1.165, 1.54) is 37.7 Å². The van der Waals surface area contributed by atoms with Crippen molar-refractivity contribution in [2.24, 2.45) is 17.8 Å². The van der Waals surface area contributed by atoms with Crippen molar-refractivity contribution in [1.82, 2.24) is 0 Å². The normalized spacial score (nSPS) is 34.4. The van der Waals surface area contributed by atoms with Crippen LogP contribution in [0.15, 0.2) is 30.3 Å². The van der Waals surface area contributed by atoms with Crippen LogP contribution in [0, 0.1) is 17.8 Å². The number of hydrogen-bond acceptors (Lipinski definition) is 0. The second kappa shape index (κ2) is 7.06. The third kappa shape index (κ3) is 3.07. The summed E-state index contributed by atoms with van der Waals surface area (Å²) in [5, 5.41) is 0. The molecule has 1 heteroatoms. The van der Waals surface area contributed by atoms with Crippen molar-refractivity contribution < 1.29 is 0 Å². The minimum atomic E-state index is -1.18. The zero-order valence-electron chi connectivity index (χ0n) is 16.5. The van der Waals surface area contributed by atoms with Crippen LogP contribution in [0.25, 0.3) is 6.08 Å². The molecule has 2 fully saturated rings. The average Bonchev–Trinajstić information content (AvgIpc) is 2.99. The molecule has 25 heavy (non-hydrogen) atoms. The molecule has 1 heterocycles. The Morgan fingerprint density at radius 3 is 2.64 bits per heavy atom. The Morgan fingerprint density at radius 2 is 1.88 bits per heavy atom. The van der Waals surface area contributed by atoms with Gasteiger partial charge in [-0.25, -0.2) is 0 Å². The second-order valence-electron chi connectivity index (χ2n) is 9.55. The van der Waals surface area contributed by atoms with E-state index in [-0.39, 0.29) is 0 Å². The highest BCUT2D eigenvalue weighted by atomic mass is 28.3. The molecule has 3 aliphatic rings. The zero-order valence-corrected chi connectivity index (χ0v) is 17.5. The molecule has 0 spiro atoms. The molecule has 0 bridgehead atoms. The Morgan fingerprint density at radius 1 is 1.12 bits per heavy atom. The van der Waals surface area contributed by atoms with Crippen LogP contribution >= 0.6 is 0 Å². The summed E-state index contributed by atoms with van der Waals surface area (Å²) in [6.07, 6.45) is 12.5. The molecular weight excluding hydrogens is 316 g/mol. The van der Waals surface area contributed by atoms with Gasteiger partial charge in [-0.3, -0.25) is 0 Å². The predicted octanol–water partition coefficient (Wildman–Crippen LogP) is 7.50. The van der Waals surface area contributed by atoms with Gasteiger partial charge < -0.3 is 0 Å². The van der Waals surface area contributed by atoms with E-state index in [1.54, 1.807) is 23.7 Å². The predicted molar refractivity (Wildman–Crippen MR) is 113 cm³/mol. The summed E-state index contributed by atoms with van der Waals surface area (Å²) in [5.74, 6) is 3.53. The molecule has 2 aliphatic carbocycles. The molecule has 1 aromatic rings. The third-order valence-corrected chi connectivity index (χ3v) is 14.6. The molecular formula is C24H36Si. The summed E-state index contributed by atoms with van der Waals surface area (Å²) in [6, 6.07) is 14.1. The van der Waals surface area contributed by atoms with Crippen LogP contribution in [0.3, 0.4) is 0 Å². The minimum Gasteiger partial charge on any atom is -0.0802 e. The van der Waals surface area contributed by atoms with Crippen LogP contribution in [-0.4, -0.2) is 8.07 Å². The quantitative estimate of drug-likeness (QED) is 0.492. The number of benzene rings is 1. The van der Waals surface area contributed by atoms with Crippen LogP contribution in [0.2, 0.25) is 23.7 Å². The van der Waals surface area contributed by atoms with Crippen LogP contribution in [0.1, 0.15) is 69.9 Å². The van der Waals surface area contributed by atoms with Crippen LogP contribution in [-0.2, 0) is 0 Å². The van der Waals surface area contributed by atoms with E-state index in [1.807, 2.05) is 0 Å². The smallest absolute Gasteiger partial charge is 0.0578 e. The molecule has 136 valence electrons. The Labute approximate surface area is 156 Å². The van der Waals surface area contributed by atoms with Crippen molar-refractivity contribution in [3.8, 4) is 0 Å². The first kappa shape index (κ1) is 17.6. The Balaban J connectivity index is 1.69. The van der Waals surface area contributed by atoms with Crippen molar-refractivity contribution >= 4 is 14.1 Å². The lowest BCUT2D eigenvalue weighted by molar-refractivity contribution is 0.511. The second-order valence-corrected chi connectivity index (χ2v) is 14.4. The largest absolute Gasteiger partial charge is 0.0802 e. The Kier molecular flexibility index (Phi) is 4.97. The van der Waals surface area contributed by atoms with Gasteiger partial charge in [-0.1, -0.05) is 101 Å². The van der Waals surface area contributed by atoms with Gasteiger partial charge in [-0.2, -0.15) is 0 Å². The molecule has 1 aliphatic heterocycles. The lowest BCUT2D eigenvalue weighted by Crippen LogP contribution is -2.46. The number of hydrogen-bond donors (Lipinski definition) is 0. The molecule has 0 nitrogen and oxygen atoms in total. The lowest BCUT2D eigenvalue weighted by Gasteiger charge is -2.46. The van der Waals surface area contributed by atoms with Crippen molar-refractivity contribution in [1.29, 1.82) is 0 Å². The van der Waals surface area contributed by atoms with Crippen LogP contribution in [0.5, 0.6) is 0 Å². The van der Waals surface area contributed by atoms with Gasteiger partial charge in [-0.05, 0) is 46.8 Å². The number of rotatable bonds is 4. The van der Waals surface area contributed by atoms with Gasteiger partial charge in [-0.15, -0.1) is 0 Å².